The minimum atomic E-state index is -0.291. The van der Waals surface area contributed by atoms with Crippen molar-refractivity contribution in [2.24, 2.45) is 5.92 Å². The van der Waals surface area contributed by atoms with Crippen LogP contribution in [0.3, 0.4) is 0 Å². The molecule has 0 bridgehead atoms. The molecule has 0 radical (unpaired) electrons. The van der Waals surface area contributed by atoms with Gasteiger partial charge in [-0.2, -0.15) is 0 Å². The number of anilines is 2. The highest BCUT2D eigenvalue weighted by Crippen LogP contribution is 2.26. The Bertz CT molecular complexity index is 1000. The number of rotatable bonds is 4. The highest BCUT2D eigenvalue weighted by molar-refractivity contribution is 9.10. The molecule has 2 aromatic carbocycles. The lowest BCUT2D eigenvalue weighted by atomic mass is 9.95. The number of aromatic nitrogens is 2. The predicted molar refractivity (Wildman–Crippen MR) is 115 cm³/mol. The summed E-state index contributed by atoms with van der Waals surface area (Å²) < 4.78 is 14.5. The lowest BCUT2D eigenvalue weighted by molar-refractivity contribution is -0.120. The maximum atomic E-state index is 13.5. The molecule has 0 spiro atoms. The van der Waals surface area contributed by atoms with E-state index in [0.29, 0.717) is 5.69 Å². The van der Waals surface area contributed by atoms with Gasteiger partial charge in [0, 0.05) is 40.8 Å². The van der Waals surface area contributed by atoms with Crippen LogP contribution < -0.4 is 10.2 Å². The largest absolute Gasteiger partial charge is 0.356 e. The molecule has 4 rings (SSSR count). The molecule has 1 aromatic heterocycles. The Morgan fingerprint density at radius 1 is 1.07 bits per heavy atom. The summed E-state index contributed by atoms with van der Waals surface area (Å²) in [5, 5.41) is 2.99. The number of nitrogens with one attached hydrogen (secondary N) is 1. The van der Waals surface area contributed by atoms with E-state index in [1.54, 1.807) is 6.07 Å². The minimum absolute atomic E-state index is 0.0283. The van der Waals surface area contributed by atoms with Crippen molar-refractivity contribution in [2.75, 3.05) is 23.3 Å². The molecule has 0 unspecified atom stereocenters. The molecule has 7 heteroatoms. The van der Waals surface area contributed by atoms with Crippen molar-refractivity contribution in [3.63, 3.8) is 0 Å². The third-order valence-electron chi connectivity index (χ3n) is 5.07. The lowest BCUT2D eigenvalue weighted by Crippen LogP contribution is -2.38. The average molecular weight is 455 g/mol. The van der Waals surface area contributed by atoms with Crippen LogP contribution in [0.1, 0.15) is 12.8 Å². The van der Waals surface area contributed by atoms with Crippen LogP contribution in [0.5, 0.6) is 0 Å². The maximum Gasteiger partial charge on any atom is 0.227 e. The summed E-state index contributed by atoms with van der Waals surface area (Å²) in [7, 11) is 0. The van der Waals surface area contributed by atoms with Crippen LogP contribution in [0.4, 0.5) is 15.9 Å². The summed E-state index contributed by atoms with van der Waals surface area (Å²) in [6.07, 6.45) is 3.01. The highest BCUT2D eigenvalue weighted by Gasteiger charge is 2.26. The smallest absolute Gasteiger partial charge is 0.227 e. The van der Waals surface area contributed by atoms with Gasteiger partial charge in [0.05, 0.1) is 5.69 Å². The zero-order chi connectivity index (χ0) is 20.2. The standard InChI is InChI=1S/C22H20BrFN4O/c23-17-4-6-19(7-5-17)27-22(29)15-8-10-28(11-9-15)21-13-20(25-14-26-21)16-2-1-3-18(24)12-16/h1-7,12-15H,8-11H2,(H,27,29). The van der Waals surface area contributed by atoms with Gasteiger partial charge in [-0.15, -0.1) is 0 Å². The normalized spacial score (nSPS) is 14.6. The predicted octanol–water partition coefficient (Wildman–Crippen LogP) is 4.90. The van der Waals surface area contributed by atoms with E-state index in [1.165, 1.54) is 18.5 Å². The second-order valence-electron chi connectivity index (χ2n) is 7.03. The molecule has 29 heavy (non-hydrogen) atoms. The molecule has 1 aliphatic rings. The summed E-state index contributed by atoms with van der Waals surface area (Å²) >= 11 is 3.39. The molecule has 1 fully saturated rings. The van der Waals surface area contributed by atoms with Crippen LogP contribution >= 0.6 is 15.9 Å². The van der Waals surface area contributed by atoms with Crippen molar-refractivity contribution in [3.05, 3.63) is 71.2 Å². The first-order valence-corrected chi connectivity index (χ1v) is 10.3. The molecule has 5 nitrogen and oxygen atoms in total. The van der Waals surface area contributed by atoms with E-state index >= 15 is 0 Å². The van der Waals surface area contributed by atoms with Gasteiger partial charge < -0.3 is 10.2 Å². The molecule has 0 atom stereocenters. The van der Waals surface area contributed by atoms with Gasteiger partial charge in [-0.1, -0.05) is 28.1 Å². The second kappa shape index (κ2) is 8.69. The van der Waals surface area contributed by atoms with E-state index in [2.05, 4.69) is 36.1 Å². The molecule has 1 amide bonds. The highest BCUT2D eigenvalue weighted by atomic mass is 79.9. The third kappa shape index (κ3) is 4.79. The molecule has 1 saturated heterocycles. The number of nitrogens with zero attached hydrogens (tertiary/aromatic N) is 3. The molecule has 1 N–H and O–H groups in total. The van der Waals surface area contributed by atoms with Crippen molar-refractivity contribution in [3.8, 4) is 11.3 Å². The van der Waals surface area contributed by atoms with Gasteiger partial charge in [0.2, 0.25) is 5.91 Å². The van der Waals surface area contributed by atoms with Gasteiger partial charge in [0.15, 0.2) is 0 Å². The molecular weight excluding hydrogens is 435 g/mol. The van der Waals surface area contributed by atoms with E-state index in [-0.39, 0.29) is 17.6 Å². The van der Waals surface area contributed by atoms with E-state index in [0.717, 1.165) is 47.5 Å². The van der Waals surface area contributed by atoms with Crippen LogP contribution in [0.2, 0.25) is 0 Å². The number of halogens is 2. The Morgan fingerprint density at radius 3 is 2.55 bits per heavy atom. The third-order valence-corrected chi connectivity index (χ3v) is 5.60. The van der Waals surface area contributed by atoms with Crippen molar-refractivity contribution < 1.29 is 9.18 Å². The molecule has 0 aliphatic carbocycles. The maximum absolute atomic E-state index is 13.5. The number of carbonyl (C=O) groups excluding carboxylic acids is 1. The van der Waals surface area contributed by atoms with Gasteiger partial charge in [-0.3, -0.25) is 4.79 Å². The molecule has 1 aliphatic heterocycles. The van der Waals surface area contributed by atoms with Crippen LogP contribution in [-0.4, -0.2) is 29.0 Å². The summed E-state index contributed by atoms with van der Waals surface area (Å²) in [6, 6.07) is 15.8. The number of amides is 1. The first kappa shape index (κ1) is 19.5. The minimum Gasteiger partial charge on any atom is -0.356 e. The Labute approximate surface area is 177 Å². The molecular formula is C22H20BrFN4O. The Hall–Kier alpha value is -2.80. The van der Waals surface area contributed by atoms with Crippen molar-refractivity contribution in [1.29, 1.82) is 0 Å². The van der Waals surface area contributed by atoms with Crippen molar-refractivity contribution in [1.82, 2.24) is 9.97 Å². The fourth-order valence-electron chi connectivity index (χ4n) is 3.47. The monoisotopic (exact) mass is 454 g/mol. The van der Waals surface area contributed by atoms with E-state index in [1.807, 2.05) is 36.4 Å². The summed E-state index contributed by atoms with van der Waals surface area (Å²) in [5.74, 6) is 0.529. The number of carbonyl (C=O) groups is 1. The summed E-state index contributed by atoms with van der Waals surface area (Å²) in [6.45, 7) is 1.47. The van der Waals surface area contributed by atoms with E-state index in [9.17, 15) is 9.18 Å². The van der Waals surface area contributed by atoms with Crippen LogP contribution in [0.15, 0.2) is 65.4 Å². The summed E-state index contributed by atoms with van der Waals surface area (Å²) in [4.78, 5) is 23.4. The van der Waals surface area contributed by atoms with E-state index < -0.39 is 0 Å². The van der Waals surface area contributed by atoms with Crippen LogP contribution in [0.25, 0.3) is 11.3 Å². The second-order valence-corrected chi connectivity index (χ2v) is 7.94. The number of benzene rings is 2. The summed E-state index contributed by atoms with van der Waals surface area (Å²) in [5.41, 5.74) is 2.21. The Balaban J connectivity index is 1.39. The molecule has 3 aromatic rings. The number of hydrogen-bond acceptors (Lipinski definition) is 4. The van der Waals surface area contributed by atoms with E-state index in [4.69, 9.17) is 0 Å². The van der Waals surface area contributed by atoms with Gasteiger partial charge >= 0.3 is 0 Å². The first-order chi connectivity index (χ1) is 14.1. The zero-order valence-electron chi connectivity index (χ0n) is 15.7. The lowest BCUT2D eigenvalue weighted by Gasteiger charge is -2.32. The van der Waals surface area contributed by atoms with Crippen LogP contribution in [0, 0.1) is 11.7 Å². The number of hydrogen-bond donors (Lipinski definition) is 1. The van der Waals surface area contributed by atoms with Gasteiger partial charge in [0.25, 0.3) is 0 Å². The van der Waals surface area contributed by atoms with Gasteiger partial charge in [-0.05, 0) is 49.2 Å². The topological polar surface area (TPSA) is 58.1 Å². The van der Waals surface area contributed by atoms with Crippen molar-refractivity contribution in [2.45, 2.75) is 12.8 Å². The number of piperidine rings is 1. The average Bonchev–Trinajstić information content (AvgIpc) is 2.75. The Kier molecular flexibility index (Phi) is 5.85. The fourth-order valence-corrected chi connectivity index (χ4v) is 3.74. The van der Waals surface area contributed by atoms with Gasteiger partial charge in [-0.25, -0.2) is 14.4 Å². The first-order valence-electron chi connectivity index (χ1n) is 9.48. The van der Waals surface area contributed by atoms with Crippen molar-refractivity contribution >= 4 is 33.3 Å². The molecule has 2 heterocycles. The SMILES string of the molecule is O=C(Nc1ccc(Br)cc1)C1CCN(c2cc(-c3cccc(F)c3)ncn2)CC1. The fraction of sp³-hybridized carbons (Fsp3) is 0.227. The molecule has 0 saturated carbocycles. The van der Waals surface area contributed by atoms with Crippen LogP contribution in [-0.2, 0) is 4.79 Å². The Morgan fingerprint density at radius 2 is 1.83 bits per heavy atom. The van der Waals surface area contributed by atoms with Gasteiger partial charge in [0.1, 0.15) is 18.0 Å². The molecule has 148 valence electrons. The quantitative estimate of drug-likeness (QED) is 0.608. The zero-order valence-corrected chi connectivity index (χ0v) is 17.3.